The highest BCUT2D eigenvalue weighted by Crippen LogP contribution is 2.26. The number of rotatable bonds is 7. The molecule has 174 valence electrons. The van der Waals surface area contributed by atoms with E-state index in [0.29, 0.717) is 49.6 Å². The Kier molecular flexibility index (Phi) is 7.47. The Morgan fingerprint density at radius 3 is 2.73 bits per heavy atom. The molecule has 4 N–H and O–H groups in total. The predicted molar refractivity (Wildman–Crippen MR) is 127 cm³/mol. The number of anilines is 1. The van der Waals surface area contributed by atoms with E-state index in [0.717, 1.165) is 5.56 Å². The van der Waals surface area contributed by atoms with Gasteiger partial charge in [-0.3, -0.25) is 14.5 Å². The first-order valence-electron chi connectivity index (χ1n) is 11.1. The van der Waals surface area contributed by atoms with Gasteiger partial charge in [-0.2, -0.15) is 0 Å². The summed E-state index contributed by atoms with van der Waals surface area (Å²) in [7, 11) is 0. The van der Waals surface area contributed by atoms with Crippen molar-refractivity contribution in [2.24, 2.45) is 0 Å². The molecule has 2 aromatic carbocycles. The highest BCUT2D eigenvalue weighted by Gasteiger charge is 2.43. The second kappa shape index (κ2) is 10.7. The maximum Gasteiger partial charge on any atom is 0.319 e. The van der Waals surface area contributed by atoms with Crippen molar-refractivity contribution < 1.29 is 14.4 Å². The number of fused-ring (bicyclic) bond motifs is 1. The first kappa shape index (κ1) is 23.1. The van der Waals surface area contributed by atoms with Crippen LogP contribution < -0.4 is 21.3 Å². The number of amides is 4. The van der Waals surface area contributed by atoms with Crippen LogP contribution in [0, 0.1) is 0 Å². The molecule has 2 fully saturated rings. The van der Waals surface area contributed by atoms with Gasteiger partial charge in [0.25, 0.3) is 0 Å². The minimum Gasteiger partial charge on any atom is -0.353 e. The molecular formula is C24H28ClN5O3. The summed E-state index contributed by atoms with van der Waals surface area (Å²) in [5, 5.41) is 12.2. The highest BCUT2D eigenvalue weighted by atomic mass is 35.5. The fourth-order valence-corrected chi connectivity index (χ4v) is 4.64. The van der Waals surface area contributed by atoms with E-state index >= 15 is 0 Å². The Morgan fingerprint density at radius 2 is 1.94 bits per heavy atom. The second-order valence-electron chi connectivity index (χ2n) is 8.45. The molecular weight excluding hydrogens is 442 g/mol. The first-order chi connectivity index (χ1) is 16.0. The van der Waals surface area contributed by atoms with E-state index in [1.54, 1.807) is 24.3 Å². The molecule has 2 aromatic rings. The third kappa shape index (κ3) is 6.24. The topological polar surface area (TPSA) is 103 Å². The number of urea groups is 1. The first-order valence-corrected chi connectivity index (χ1v) is 11.5. The van der Waals surface area contributed by atoms with E-state index in [2.05, 4.69) is 26.2 Å². The zero-order valence-corrected chi connectivity index (χ0v) is 19.0. The molecule has 0 saturated carbocycles. The number of hydrogen-bond acceptors (Lipinski definition) is 4. The van der Waals surface area contributed by atoms with Gasteiger partial charge in [0.05, 0.1) is 6.04 Å². The Labute approximate surface area is 198 Å². The largest absolute Gasteiger partial charge is 0.353 e. The normalized spacial score (nSPS) is 22.2. The number of halogens is 1. The average molecular weight is 470 g/mol. The number of carbonyl (C=O) groups is 3. The summed E-state index contributed by atoms with van der Waals surface area (Å²) >= 11 is 5.97. The van der Waals surface area contributed by atoms with Gasteiger partial charge in [-0.15, -0.1) is 0 Å². The van der Waals surface area contributed by atoms with Gasteiger partial charge in [0.15, 0.2) is 0 Å². The van der Waals surface area contributed by atoms with Gasteiger partial charge in [0.1, 0.15) is 0 Å². The van der Waals surface area contributed by atoms with Crippen molar-refractivity contribution in [3.8, 4) is 0 Å². The molecule has 0 radical (unpaired) electrons. The molecule has 0 aromatic heterocycles. The van der Waals surface area contributed by atoms with Crippen LogP contribution in [-0.2, 0) is 16.1 Å². The summed E-state index contributed by atoms with van der Waals surface area (Å²) in [6.07, 6.45) is 1.55. The minimum atomic E-state index is -0.334. The van der Waals surface area contributed by atoms with Crippen LogP contribution in [0.2, 0.25) is 5.02 Å². The molecule has 0 bridgehead atoms. The van der Waals surface area contributed by atoms with Crippen molar-refractivity contribution in [3.63, 3.8) is 0 Å². The van der Waals surface area contributed by atoms with E-state index in [-0.39, 0.29) is 36.0 Å². The van der Waals surface area contributed by atoms with Crippen LogP contribution in [0.15, 0.2) is 54.6 Å². The lowest BCUT2D eigenvalue weighted by Gasteiger charge is -2.37. The molecule has 3 unspecified atom stereocenters. The zero-order chi connectivity index (χ0) is 23.2. The van der Waals surface area contributed by atoms with Crippen LogP contribution in [0.3, 0.4) is 0 Å². The summed E-state index contributed by atoms with van der Waals surface area (Å²) < 4.78 is 0. The van der Waals surface area contributed by atoms with Crippen molar-refractivity contribution in [1.82, 2.24) is 20.9 Å². The number of piperazine rings is 1. The van der Waals surface area contributed by atoms with Crippen molar-refractivity contribution in [2.75, 3.05) is 18.4 Å². The molecule has 2 aliphatic heterocycles. The summed E-state index contributed by atoms with van der Waals surface area (Å²) in [6.45, 7) is 1.57. The molecule has 2 aliphatic rings. The third-order valence-electron chi connectivity index (χ3n) is 6.08. The Balaban J connectivity index is 1.26. The lowest BCUT2D eigenvalue weighted by atomic mass is 10.0. The lowest BCUT2D eigenvalue weighted by molar-refractivity contribution is -0.129. The summed E-state index contributed by atoms with van der Waals surface area (Å²) in [5.41, 5.74) is 1.66. The van der Waals surface area contributed by atoms with E-state index in [1.165, 1.54) is 0 Å². The van der Waals surface area contributed by atoms with Gasteiger partial charge in [-0.25, -0.2) is 4.79 Å². The monoisotopic (exact) mass is 469 g/mol. The molecule has 0 aliphatic carbocycles. The average Bonchev–Trinajstić information content (AvgIpc) is 3.22. The molecule has 0 spiro atoms. The number of hydrogen-bond donors (Lipinski definition) is 4. The quantitative estimate of drug-likeness (QED) is 0.500. The smallest absolute Gasteiger partial charge is 0.319 e. The van der Waals surface area contributed by atoms with Crippen molar-refractivity contribution in [2.45, 2.75) is 43.9 Å². The van der Waals surface area contributed by atoms with Crippen molar-refractivity contribution >= 4 is 35.1 Å². The fourth-order valence-electron chi connectivity index (χ4n) is 4.45. The second-order valence-corrected chi connectivity index (χ2v) is 8.89. The predicted octanol–water partition coefficient (Wildman–Crippen LogP) is 2.50. The van der Waals surface area contributed by atoms with E-state index in [9.17, 15) is 14.4 Å². The third-order valence-corrected chi connectivity index (χ3v) is 6.31. The lowest BCUT2D eigenvalue weighted by Crippen LogP contribution is -2.58. The number of nitrogens with one attached hydrogen (secondary N) is 4. The SMILES string of the molecule is O=C(CCC1CNC(=O)C2CC(NC(=O)Nc3cccc(Cl)c3)CN12)NCc1ccccc1. The highest BCUT2D eigenvalue weighted by molar-refractivity contribution is 6.30. The molecule has 9 heteroatoms. The van der Waals surface area contributed by atoms with Gasteiger partial charge in [-0.1, -0.05) is 48.0 Å². The van der Waals surface area contributed by atoms with Crippen LogP contribution in [0.5, 0.6) is 0 Å². The Morgan fingerprint density at radius 1 is 1.12 bits per heavy atom. The van der Waals surface area contributed by atoms with E-state index in [1.807, 2.05) is 30.3 Å². The van der Waals surface area contributed by atoms with Gasteiger partial charge in [0, 0.05) is 48.8 Å². The van der Waals surface area contributed by atoms with Crippen molar-refractivity contribution in [1.29, 1.82) is 0 Å². The Bertz CT molecular complexity index is 1000. The molecule has 2 saturated heterocycles. The molecule has 2 heterocycles. The maximum absolute atomic E-state index is 12.4. The molecule has 8 nitrogen and oxygen atoms in total. The number of nitrogens with zero attached hydrogens (tertiary/aromatic N) is 1. The van der Waals surface area contributed by atoms with Crippen LogP contribution in [-0.4, -0.2) is 54.0 Å². The fraction of sp³-hybridized carbons (Fsp3) is 0.375. The number of benzene rings is 2. The summed E-state index contributed by atoms with van der Waals surface area (Å²) in [4.78, 5) is 39.3. The van der Waals surface area contributed by atoms with Crippen LogP contribution in [0.1, 0.15) is 24.8 Å². The maximum atomic E-state index is 12.4. The summed E-state index contributed by atoms with van der Waals surface area (Å²) in [6, 6.07) is 16.0. The number of carbonyl (C=O) groups excluding carboxylic acids is 3. The van der Waals surface area contributed by atoms with Crippen LogP contribution in [0.4, 0.5) is 10.5 Å². The summed E-state index contributed by atoms with van der Waals surface area (Å²) in [5.74, 6) is -0.0404. The molecule has 33 heavy (non-hydrogen) atoms. The minimum absolute atomic E-state index is 0.0120. The van der Waals surface area contributed by atoms with Gasteiger partial charge < -0.3 is 21.3 Å². The van der Waals surface area contributed by atoms with Gasteiger partial charge in [0.2, 0.25) is 11.8 Å². The van der Waals surface area contributed by atoms with Crippen molar-refractivity contribution in [3.05, 3.63) is 65.2 Å². The molecule has 4 amide bonds. The van der Waals surface area contributed by atoms with E-state index < -0.39 is 0 Å². The van der Waals surface area contributed by atoms with Crippen LogP contribution >= 0.6 is 11.6 Å². The van der Waals surface area contributed by atoms with E-state index in [4.69, 9.17) is 11.6 Å². The standard InChI is InChI=1S/C24H28ClN5O3/c25-17-7-4-8-18(11-17)28-24(33)29-19-12-21-23(32)27-14-20(30(21)15-19)9-10-22(31)26-13-16-5-2-1-3-6-16/h1-8,11,19-21H,9-10,12-15H2,(H,26,31)(H,27,32)(H2,28,29,33). The Hall–Kier alpha value is -3.10. The van der Waals surface area contributed by atoms with Crippen LogP contribution in [0.25, 0.3) is 0 Å². The van der Waals surface area contributed by atoms with Gasteiger partial charge >= 0.3 is 6.03 Å². The molecule has 4 rings (SSSR count). The molecule has 3 atom stereocenters. The zero-order valence-electron chi connectivity index (χ0n) is 18.2. The van der Waals surface area contributed by atoms with Gasteiger partial charge in [-0.05, 0) is 36.6 Å².